The molecule has 1 aliphatic heterocycles. The second-order valence-electron chi connectivity index (χ2n) is 10.5. The predicted molar refractivity (Wildman–Crippen MR) is 149 cm³/mol. The van der Waals surface area contributed by atoms with Crippen molar-refractivity contribution in [1.29, 1.82) is 0 Å². The van der Waals surface area contributed by atoms with Crippen LogP contribution in [-0.2, 0) is 26.4 Å². The summed E-state index contributed by atoms with van der Waals surface area (Å²) in [5.74, 6) is -0.178. The van der Waals surface area contributed by atoms with Gasteiger partial charge < -0.3 is 4.74 Å². The van der Waals surface area contributed by atoms with Crippen LogP contribution in [0.5, 0.6) is 0 Å². The average molecular weight is 511 g/mol. The molecule has 0 atom stereocenters. The van der Waals surface area contributed by atoms with Gasteiger partial charge in [-0.2, -0.15) is 0 Å². The Kier molecular flexibility index (Phi) is 9.57. The van der Waals surface area contributed by atoms with Crippen molar-refractivity contribution in [3.05, 3.63) is 58.7 Å². The summed E-state index contributed by atoms with van der Waals surface area (Å²) in [6.45, 7) is 10.5. The molecule has 0 bridgehead atoms. The van der Waals surface area contributed by atoms with E-state index in [1.807, 2.05) is 50.3 Å². The minimum Gasteiger partial charge on any atom is -0.462 e. The number of esters is 1. The maximum atomic E-state index is 13.1. The van der Waals surface area contributed by atoms with Crippen LogP contribution in [0.4, 0.5) is 0 Å². The Morgan fingerprint density at radius 1 is 1.00 bits per heavy atom. The van der Waals surface area contributed by atoms with Crippen LogP contribution in [0.3, 0.4) is 0 Å². The lowest BCUT2D eigenvalue weighted by Crippen LogP contribution is -2.30. The molecule has 196 valence electrons. The highest BCUT2D eigenvalue weighted by Crippen LogP contribution is 2.43. The number of rotatable bonds is 11. The molecule has 0 amide bonds. The van der Waals surface area contributed by atoms with E-state index in [2.05, 4.69) is 26.8 Å². The van der Waals surface area contributed by atoms with Crippen LogP contribution in [0.2, 0.25) is 0 Å². The van der Waals surface area contributed by atoms with Crippen molar-refractivity contribution in [3.8, 4) is 11.1 Å². The van der Waals surface area contributed by atoms with Crippen molar-refractivity contribution in [3.63, 3.8) is 0 Å². The average Bonchev–Trinajstić information content (AvgIpc) is 2.84. The van der Waals surface area contributed by atoms with Crippen LogP contribution >= 0.6 is 0 Å². The van der Waals surface area contributed by atoms with E-state index < -0.39 is 9.84 Å². The fourth-order valence-electron chi connectivity index (χ4n) is 5.06. The van der Waals surface area contributed by atoms with Gasteiger partial charge >= 0.3 is 5.97 Å². The largest absolute Gasteiger partial charge is 0.462 e. The molecule has 0 aromatic heterocycles. The van der Waals surface area contributed by atoms with Crippen LogP contribution in [0, 0.1) is 0 Å². The lowest BCUT2D eigenvalue weighted by Gasteiger charge is -2.33. The van der Waals surface area contributed by atoms with Crippen molar-refractivity contribution in [2.45, 2.75) is 96.3 Å². The molecule has 0 radical (unpaired) electrons. The highest BCUT2D eigenvalue weighted by molar-refractivity contribution is 7.91. The lowest BCUT2D eigenvalue weighted by atomic mass is 9.79. The first-order valence-corrected chi connectivity index (χ1v) is 15.1. The number of hydrogen-bond acceptors (Lipinski definition) is 4. The van der Waals surface area contributed by atoms with Crippen molar-refractivity contribution < 1.29 is 17.9 Å². The number of aryl methyl sites for hydroxylation is 1. The van der Waals surface area contributed by atoms with E-state index in [1.54, 1.807) is 0 Å². The minimum atomic E-state index is -3.33. The van der Waals surface area contributed by atoms with Gasteiger partial charge in [0.2, 0.25) is 0 Å². The topological polar surface area (TPSA) is 60.4 Å². The summed E-state index contributed by atoms with van der Waals surface area (Å²) in [6.07, 6.45) is 12.3. The zero-order valence-corrected chi connectivity index (χ0v) is 23.5. The van der Waals surface area contributed by atoms with Crippen LogP contribution in [-0.4, -0.2) is 26.7 Å². The van der Waals surface area contributed by atoms with Gasteiger partial charge in [0.05, 0.1) is 22.8 Å². The van der Waals surface area contributed by atoms with Crippen molar-refractivity contribution in [2.24, 2.45) is 0 Å². The van der Waals surface area contributed by atoms with E-state index in [-0.39, 0.29) is 17.1 Å². The van der Waals surface area contributed by atoms with Gasteiger partial charge in [0, 0.05) is 0 Å². The van der Waals surface area contributed by atoms with Gasteiger partial charge in [-0.05, 0) is 90.6 Å². The molecule has 0 saturated heterocycles. The molecule has 0 spiro atoms. The first kappa shape index (κ1) is 28.2. The highest BCUT2D eigenvalue weighted by Gasteiger charge is 2.36. The lowest BCUT2D eigenvalue weighted by molar-refractivity contribution is 0.0527. The van der Waals surface area contributed by atoms with E-state index in [4.69, 9.17) is 4.74 Å². The van der Waals surface area contributed by atoms with E-state index in [1.165, 1.54) is 25.7 Å². The second-order valence-corrected chi connectivity index (χ2v) is 12.6. The monoisotopic (exact) mass is 510 g/mol. The van der Waals surface area contributed by atoms with Gasteiger partial charge in [0.25, 0.3) is 0 Å². The van der Waals surface area contributed by atoms with Gasteiger partial charge in [-0.15, -0.1) is 0 Å². The first-order valence-electron chi connectivity index (χ1n) is 13.5. The first-order chi connectivity index (χ1) is 17.1. The summed E-state index contributed by atoms with van der Waals surface area (Å²) < 4.78 is 31.7. The highest BCUT2D eigenvalue weighted by atomic mass is 32.2. The molecular formula is C31H42O4S. The number of sulfone groups is 1. The Morgan fingerprint density at radius 2 is 1.72 bits per heavy atom. The molecule has 4 nitrogen and oxygen atoms in total. The number of unbranched alkanes of at least 4 members (excludes halogenated alkanes) is 5. The molecule has 0 unspecified atom stereocenters. The molecule has 36 heavy (non-hydrogen) atoms. The maximum absolute atomic E-state index is 13.1. The van der Waals surface area contributed by atoms with Gasteiger partial charge in [-0.3, -0.25) is 0 Å². The van der Waals surface area contributed by atoms with Crippen LogP contribution in [0.1, 0.15) is 107 Å². The molecule has 2 aromatic carbocycles. The standard InChI is InChI=1S/C31H42O4S/c1-6-9-10-11-12-13-15-24-21-29-28(31(4,5)18-19-36(29,33)34)22-26(24)27-20-23(14-7-2)16-17-25(27)30(32)35-8-3/h7,14,16-17,20-22H,6,8-13,15,18-19H2,1-5H3. The summed E-state index contributed by atoms with van der Waals surface area (Å²) in [4.78, 5) is 13.4. The quantitative estimate of drug-likeness (QED) is 0.227. The molecule has 5 heteroatoms. The molecule has 2 aromatic rings. The van der Waals surface area contributed by atoms with Gasteiger partial charge in [0.15, 0.2) is 9.84 Å². The fourth-order valence-corrected chi connectivity index (χ4v) is 7.05. The summed E-state index contributed by atoms with van der Waals surface area (Å²) in [7, 11) is -3.33. The van der Waals surface area contributed by atoms with Gasteiger partial charge in [-0.1, -0.05) is 71.1 Å². The normalized spacial score (nSPS) is 16.1. The Balaban J connectivity index is 2.19. The molecule has 1 aliphatic rings. The summed E-state index contributed by atoms with van der Waals surface area (Å²) in [5.41, 5.74) is 4.85. The fraction of sp³-hybridized carbons (Fsp3) is 0.516. The van der Waals surface area contributed by atoms with Crippen LogP contribution in [0.25, 0.3) is 17.2 Å². The Morgan fingerprint density at radius 3 is 2.42 bits per heavy atom. The summed E-state index contributed by atoms with van der Waals surface area (Å²) >= 11 is 0. The third-order valence-electron chi connectivity index (χ3n) is 7.25. The summed E-state index contributed by atoms with van der Waals surface area (Å²) in [6, 6.07) is 9.75. The van der Waals surface area contributed by atoms with Crippen LogP contribution < -0.4 is 0 Å². The zero-order chi connectivity index (χ0) is 26.3. The molecule has 1 heterocycles. The molecule has 0 aliphatic carbocycles. The maximum Gasteiger partial charge on any atom is 0.338 e. The van der Waals surface area contributed by atoms with Gasteiger partial charge in [0.1, 0.15) is 0 Å². The molecule has 3 rings (SSSR count). The summed E-state index contributed by atoms with van der Waals surface area (Å²) in [5, 5.41) is 0. The predicted octanol–water partition coefficient (Wildman–Crippen LogP) is 7.92. The van der Waals surface area contributed by atoms with E-state index in [0.717, 1.165) is 47.1 Å². The Bertz CT molecular complexity index is 1210. The Labute approximate surface area is 218 Å². The van der Waals surface area contributed by atoms with E-state index >= 15 is 0 Å². The van der Waals surface area contributed by atoms with Crippen molar-refractivity contribution in [1.82, 2.24) is 0 Å². The number of hydrogen-bond donors (Lipinski definition) is 0. The minimum absolute atomic E-state index is 0.174. The molecule has 0 saturated carbocycles. The number of fused-ring (bicyclic) bond motifs is 1. The second kappa shape index (κ2) is 12.2. The number of carbonyl (C=O) groups is 1. The number of benzene rings is 2. The Hall–Kier alpha value is -2.40. The zero-order valence-electron chi connectivity index (χ0n) is 22.7. The van der Waals surface area contributed by atoms with Crippen molar-refractivity contribution >= 4 is 21.9 Å². The van der Waals surface area contributed by atoms with E-state index in [0.29, 0.717) is 23.5 Å². The third-order valence-corrected chi connectivity index (χ3v) is 9.00. The SMILES string of the molecule is CC=Cc1ccc(C(=O)OCC)c(-c2cc3c(cc2CCCCCCCC)S(=O)(=O)CCC3(C)C)c1. The van der Waals surface area contributed by atoms with Gasteiger partial charge in [-0.25, -0.2) is 13.2 Å². The number of ether oxygens (including phenoxy) is 1. The molecule has 0 fully saturated rings. The third kappa shape index (κ3) is 6.47. The molecular weight excluding hydrogens is 468 g/mol. The van der Waals surface area contributed by atoms with Crippen LogP contribution in [0.15, 0.2) is 41.3 Å². The number of carbonyl (C=O) groups excluding carboxylic acids is 1. The molecule has 0 N–H and O–H groups in total. The van der Waals surface area contributed by atoms with E-state index in [9.17, 15) is 13.2 Å². The smallest absolute Gasteiger partial charge is 0.338 e. The number of allylic oxidation sites excluding steroid dienone is 1. The van der Waals surface area contributed by atoms with Crippen molar-refractivity contribution in [2.75, 3.05) is 12.4 Å².